The van der Waals surface area contributed by atoms with Gasteiger partial charge in [-0.3, -0.25) is 4.79 Å². The van der Waals surface area contributed by atoms with Gasteiger partial charge in [-0.2, -0.15) is 0 Å². The van der Waals surface area contributed by atoms with Gasteiger partial charge in [0.05, 0.1) is 17.8 Å². The summed E-state index contributed by atoms with van der Waals surface area (Å²) in [4.78, 5) is 11.8. The minimum absolute atomic E-state index is 0.220. The van der Waals surface area contributed by atoms with Crippen LogP contribution in [0.5, 0.6) is 11.5 Å². The summed E-state index contributed by atoms with van der Waals surface area (Å²) in [6.07, 6.45) is 4.67. The molecule has 6 heteroatoms. The molecule has 0 spiro atoms. The molecule has 1 aliphatic rings. The molecule has 5 nitrogen and oxygen atoms in total. The van der Waals surface area contributed by atoms with Gasteiger partial charge in [0.1, 0.15) is 19.0 Å². The highest BCUT2D eigenvalue weighted by atomic mass is 35.5. The summed E-state index contributed by atoms with van der Waals surface area (Å²) in [5.41, 5.74) is 0.766. The molecular weight excluding hydrogens is 306 g/mol. The molecule has 1 aromatic heterocycles. The Bertz CT molecular complexity index is 694. The van der Waals surface area contributed by atoms with E-state index < -0.39 is 0 Å². The number of furan rings is 1. The van der Waals surface area contributed by atoms with Gasteiger partial charge in [0.2, 0.25) is 5.91 Å². The molecule has 114 valence electrons. The summed E-state index contributed by atoms with van der Waals surface area (Å²) in [6.45, 7) is 1.31. The average molecular weight is 320 g/mol. The third-order valence-corrected chi connectivity index (χ3v) is 3.34. The van der Waals surface area contributed by atoms with E-state index in [1.807, 2.05) is 0 Å². The topological polar surface area (TPSA) is 60.7 Å². The Kier molecular flexibility index (Phi) is 4.34. The van der Waals surface area contributed by atoms with Crippen molar-refractivity contribution in [3.05, 3.63) is 53.0 Å². The average Bonchev–Trinajstić information content (AvgIpc) is 3.04. The molecule has 1 aliphatic heterocycles. The first-order chi connectivity index (χ1) is 10.7. The normalized spacial score (nSPS) is 13.3. The van der Waals surface area contributed by atoms with Gasteiger partial charge >= 0.3 is 0 Å². The Morgan fingerprint density at radius 1 is 1.32 bits per heavy atom. The van der Waals surface area contributed by atoms with Gasteiger partial charge in [0.15, 0.2) is 11.5 Å². The first-order valence-electron chi connectivity index (χ1n) is 6.80. The standard InChI is InChI=1S/C16H14ClNO4/c17-13-8-11(9-14-16(13)22-7-6-21-14)3-4-15(19)18-10-12-2-1-5-20-12/h1-5,8-9H,6-7,10H2,(H,18,19)/b4-3+. The molecule has 1 aromatic carbocycles. The highest BCUT2D eigenvalue weighted by Crippen LogP contribution is 2.38. The number of halogens is 1. The lowest BCUT2D eigenvalue weighted by molar-refractivity contribution is -0.116. The maximum absolute atomic E-state index is 11.8. The lowest BCUT2D eigenvalue weighted by Gasteiger charge is -2.19. The maximum Gasteiger partial charge on any atom is 0.244 e. The summed E-state index contributed by atoms with van der Waals surface area (Å²) in [5, 5.41) is 3.19. The summed E-state index contributed by atoms with van der Waals surface area (Å²) < 4.78 is 16.1. The quantitative estimate of drug-likeness (QED) is 0.880. The molecule has 3 rings (SSSR count). The predicted molar refractivity (Wildman–Crippen MR) is 82.0 cm³/mol. The Morgan fingerprint density at radius 2 is 2.18 bits per heavy atom. The molecule has 1 N–H and O–H groups in total. The third-order valence-electron chi connectivity index (χ3n) is 3.06. The van der Waals surface area contributed by atoms with Crippen molar-refractivity contribution in [1.82, 2.24) is 5.32 Å². The van der Waals surface area contributed by atoms with Gasteiger partial charge < -0.3 is 19.2 Å². The van der Waals surface area contributed by atoms with Gasteiger partial charge in [0, 0.05) is 6.08 Å². The number of benzene rings is 1. The number of hydrogen-bond acceptors (Lipinski definition) is 4. The van der Waals surface area contributed by atoms with Gasteiger partial charge in [-0.05, 0) is 35.9 Å². The Morgan fingerprint density at radius 3 is 3.00 bits per heavy atom. The van der Waals surface area contributed by atoms with E-state index >= 15 is 0 Å². The van der Waals surface area contributed by atoms with Crippen LogP contribution in [0.2, 0.25) is 5.02 Å². The van der Waals surface area contributed by atoms with Crippen molar-refractivity contribution in [2.75, 3.05) is 13.2 Å². The van der Waals surface area contributed by atoms with Crippen LogP contribution in [0.1, 0.15) is 11.3 Å². The molecule has 2 heterocycles. The highest BCUT2D eigenvalue weighted by molar-refractivity contribution is 6.32. The zero-order valence-corrected chi connectivity index (χ0v) is 12.4. The van der Waals surface area contributed by atoms with Crippen LogP contribution in [0.25, 0.3) is 6.08 Å². The van der Waals surface area contributed by atoms with Crippen molar-refractivity contribution in [3.63, 3.8) is 0 Å². The minimum atomic E-state index is -0.220. The number of carbonyl (C=O) groups is 1. The number of nitrogens with one attached hydrogen (secondary N) is 1. The van der Waals surface area contributed by atoms with Gasteiger partial charge in [0.25, 0.3) is 0 Å². The van der Waals surface area contributed by atoms with Crippen LogP contribution in [0.3, 0.4) is 0 Å². The summed E-state index contributed by atoms with van der Waals surface area (Å²) in [5.74, 6) is 1.62. The van der Waals surface area contributed by atoms with Crippen molar-refractivity contribution < 1.29 is 18.7 Å². The number of fused-ring (bicyclic) bond motifs is 1. The van der Waals surface area contributed by atoms with Gasteiger partial charge in [-0.1, -0.05) is 11.6 Å². The zero-order valence-electron chi connectivity index (χ0n) is 11.7. The van der Waals surface area contributed by atoms with Crippen LogP contribution >= 0.6 is 11.6 Å². The van der Waals surface area contributed by atoms with E-state index in [9.17, 15) is 4.79 Å². The summed E-state index contributed by atoms with van der Waals surface area (Å²) in [6, 6.07) is 7.08. The molecule has 2 aromatic rings. The van der Waals surface area contributed by atoms with Gasteiger partial charge in [-0.25, -0.2) is 0 Å². The second-order valence-electron chi connectivity index (χ2n) is 4.66. The minimum Gasteiger partial charge on any atom is -0.486 e. The van der Waals surface area contributed by atoms with E-state index in [1.54, 1.807) is 36.6 Å². The molecule has 0 aliphatic carbocycles. The molecule has 0 atom stereocenters. The Balaban J connectivity index is 1.64. The number of carbonyl (C=O) groups excluding carboxylic acids is 1. The van der Waals surface area contributed by atoms with Crippen LogP contribution in [-0.4, -0.2) is 19.1 Å². The van der Waals surface area contributed by atoms with Crippen LogP contribution in [-0.2, 0) is 11.3 Å². The Labute approximate surface area is 132 Å². The van der Waals surface area contributed by atoms with E-state index in [-0.39, 0.29) is 5.91 Å². The van der Waals surface area contributed by atoms with E-state index in [1.165, 1.54) is 6.08 Å². The second-order valence-corrected chi connectivity index (χ2v) is 5.06. The molecule has 0 unspecified atom stereocenters. The van der Waals surface area contributed by atoms with Crippen molar-refractivity contribution in [2.45, 2.75) is 6.54 Å². The number of amides is 1. The number of rotatable bonds is 4. The van der Waals surface area contributed by atoms with Crippen molar-refractivity contribution in [1.29, 1.82) is 0 Å². The van der Waals surface area contributed by atoms with E-state index in [0.29, 0.717) is 42.0 Å². The number of hydrogen-bond donors (Lipinski definition) is 1. The first kappa shape index (κ1) is 14.5. The van der Waals surface area contributed by atoms with Gasteiger partial charge in [-0.15, -0.1) is 0 Å². The highest BCUT2D eigenvalue weighted by Gasteiger charge is 2.15. The summed E-state index contributed by atoms with van der Waals surface area (Å²) >= 11 is 6.14. The zero-order chi connectivity index (χ0) is 15.4. The molecule has 0 radical (unpaired) electrons. The fraction of sp³-hybridized carbons (Fsp3) is 0.188. The maximum atomic E-state index is 11.8. The molecular formula is C16H14ClNO4. The molecule has 22 heavy (non-hydrogen) atoms. The lowest BCUT2D eigenvalue weighted by Crippen LogP contribution is -2.19. The van der Waals surface area contributed by atoms with Crippen molar-refractivity contribution in [3.8, 4) is 11.5 Å². The number of ether oxygens (including phenoxy) is 2. The fourth-order valence-corrected chi connectivity index (χ4v) is 2.32. The summed E-state index contributed by atoms with van der Waals surface area (Å²) in [7, 11) is 0. The van der Waals surface area contributed by atoms with Crippen LogP contribution in [0.15, 0.2) is 41.0 Å². The molecule has 0 fully saturated rings. The predicted octanol–water partition coefficient (Wildman–Crippen LogP) is 3.03. The first-order valence-corrected chi connectivity index (χ1v) is 7.17. The monoisotopic (exact) mass is 319 g/mol. The van der Waals surface area contributed by atoms with E-state index in [2.05, 4.69) is 5.32 Å². The van der Waals surface area contributed by atoms with Crippen LogP contribution in [0, 0.1) is 0 Å². The smallest absolute Gasteiger partial charge is 0.244 e. The second kappa shape index (κ2) is 6.58. The molecule has 1 amide bonds. The molecule has 0 saturated heterocycles. The Hall–Kier alpha value is -2.40. The van der Waals surface area contributed by atoms with Crippen molar-refractivity contribution >= 4 is 23.6 Å². The fourth-order valence-electron chi connectivity index (χ4n) is 2.05. The van der Waals surface area contributed by atoms with E-state index in [0.717, 1.165) is 5.56 Å². The van der Waals surface area contributed by atoms with Crippen molar-refractivity contribution in [2.24, 2.45) is 0 Å². The largest absolute Gasteiger partial charge is 0.486 e. The van der Waals surface area contributed by atoms with E-state index in [4.69, 9.17) is 25.5 Å². The SMILES string of the molecule is O=C(/C=C/c1cc(Cl)c2c(c1)OCCO2)NCc1ccco1. The van der Waals surface area contributed by atoms with Crippen LogP contribution in [0.4, 0.5) is 0 Å². The van der Waals surface area contributed by atoms with Crippen LogP contribution < -0.4 is 14.8 Å². The molecule has 0 bridgehead atoms. The third kappa shape index (κ3) is 3.43. The lowest BCUT2D eigenvalue weighted by atomic mass is 10.1. The molecule has 0 saturated carbocycles.